The molecule has 1 aromatic rings. The summed E-state index contributed by atoms with van der Waals surface area (Å²) in [5, 5.41) is 3.39. The van der Waals surface area contributed by atoms with Crippen LogP contribution in [0.15, 0.2) is 29.2 Å². The number of halogens is 1. The molecule has 1 atom stereocenters. The summed E-state index contributed by atoms with van der Waals surface area (Å²) >= 11 is 7.46. The zero-order valence-corrected chi connectivity index (χ0v) is 18.0. The predicted molar refractivity (Wildman–Crippen MR) is 110 cm³/mol. The van der Waals surface area contributed by atoms with Gasteiger partial charge < -0.3 is 15.0 Å². The summed E-state index contributed by atoms with van der Waals surface area (Å²) in [6.07, 6.45) is 1.40. The second-order valence-corrected chi connectivity index (χ2v) is 9.72. The fraction of sp³-hybridized carbons (Fsp3) is 0.600. The van der Waals surface area contributed by atoms with Gasteiger partial charge in [-0.2, -0.15) is 0 Å². The van der Waals surface area contributed by atoms with E-state index in [4.69, 9.17) is 16.3 Å². The normalized spacial score (nSPS) is 16.7. The van der Waals surface area contributed by atoms with E-state index in [1.165, 1.54) is 0 Å². The van der Waals surface area contributed by atoms with Crippen LogP contribution < -0.4 is 5.32 Å². The van der Waals surface area contributed by atoms with E-state index < -0.39 is 5.60 Å². The van der Waals surface area contributed by atoms with E-state index in [2.05, 4.69) is 5.32 Å². The van der Waals surface area contributed by atoms with Gasteiger partial charge in [-0.05, 0) is 70.7 Å². The van der Waals surface area contributed by atoms with Crippen molar-refractivity contribution in [3.63, 3.8) is 0 Å². The Morgan fingerprint density at radius 2 is 1.85 bits per heavy atom. The van der Waals surface area contributed by atoms with Gasteiger partial charge in [-0.25, -0.2) is 4.79 Å². The van der Waals surface area contributed by atoms with Gasteiger partial charge in [0, 0.05) is 29.6 Å². The van der Waals surface area contributed by atoms with Crippen molar-refractivity contribution >= 4 is 35.4 Å². The highest BCUT2D eigenvalue weighted by atomic mass is 35.5. The molecule has 1 saturated heterocycles. The van der Waals surface area contributed by atoms with Gasteiger partial charge >= 0.3 is 6.09 Å². The number of amides is 2. The molecule has 5 nitrogen and oxygen atoms in total. The quantitative estimate of drug-likeness (QED) is 0.719. The zero-order valence-electron chi connectivity index (χ0n) is 16.5. The average Bonchev–Trinajstić information content (AvgIpc) is 2.60. The highest BCUT2D eigenvalue weighted by molar-refractivity contribution is 8.00. The number of carbonyl (C=O) groups is 2. The van der Waals surface area contributed by atoms with E-state index in [1.807, 2.05) is 56.9 Å². The van der Waals surface area contributed by atoms with Crippen LogP contribution in [-0.2, 0) is 9.53 Å². The summed E-state index contributed by atoms with van der Waals surface area (Å²) < 4.78 is 5.26. The second-order valence-electron chi connectivity index (χ2n) is 7.87. The summed E-state index contributed by atoms with van der Waals surface area (Å²) in [6, 6.07) is 7.55. The zero-order chi connectivity index (χ0) is 20.0. The number of carbonyl (C=O) groups excluding carboxylic acids is 2. The molecule has 0 radical (unpaired) electrons. The van der Waals surface area contributed by atoms with Crippen molar-refractivity contribution in [1.82, 2.24) is 10.2 Å². The first-order valence-corrected chi connectivity index (χ1v) is 10.6. The van der Waals surface area contributed by atoms with Gasteiger partial charge in [-0.3, -0.25) is 4.79 Å². The van der Waals surface area contributed by atoms with Crippen LogP contribution in [0.1, 0.15) is 40.5 Å². The summed E-state index contributed by atoms with van der Waals surface area (Å²) in [6.45, 7) is 9.53. The van der Waals surface area contributed by atoms with Crippen LogP contribution in [0.3, 0.4) is 0 Å². The van der Waals surface area contributed by atoms with Gasteiger partial charge in [-0.1, -0.05) is 11.6 Å². The Labute approximate surface area is 171 Å². The van der Waals surface area contributed by atoms with E-state index in [0.717, 1.165) is 30.8 Å². The first-order valence-electron chi connectivity index (χ1n) is 9.32. The highest BCUT2D eigenvalue weighted by Crippen LogP contribution is 2.27. The topological polar surface area (TPSA) is 58.6 Å². The molecule has 0 aliphatic carbocycles. The Morgan fingerprint density at radius 1 is 1.26 bits per heavy atom. The molecule has 1 aromatic carbocycles. The van der Waals surface area contributed by atoms with Crippen LogP contribution >= 0.6 is 23.4 Å². The third kappa shape index (κ3) is 7.62. The molecule has 1 aliphatic heterocycles. The third-order valence-electron chi connectivity index (χ3n) is 4.33. The van der Waals surface area contributed by atoms with Crippen molar-refractivity contribution in [1.29, 1.82) is 0 Å². The number of nitrogens with zero attached hydrogens (tertiary/aromatic N) is 1. The first-order chi connectivity index (χ1) is 12.6. The van der Waals surface area contributed by atoms with E-state index in [-0.39, 0.29) is 17.3 Å². The Kier molecular flexibility index (Phi) is 7.86. The summed E-state index contributed by atoms with van der Waals surface area (Å²) in [5.41, 5.74) is -0.488. The number of hydrogen-bond acceptors (Lipinski definition) is 4. The van der Waals surface area contributed by atoms with Crippen LogP contribution in [0.5, 0.6) is 0 Å². The highest BCUT2D eigenvalue weighted by Gasteiger charge is 2.27. The number of ether oxygens (including phenoxy) is 1. The molecule has 0 spiro atoms. The molecule has 0 saturated carbocycles. The van der Waals surface area contributed by atoms with Crippen molar-refractivity contribution in [3.8, 4) is 0 Å². The molecule has 1 fully saturated rings. The predicted octanol–water partition coefficient (Wildman–Crippen LogP) is 4.58. The van der Waals surface area contributed by atoms with Gasteiger partial charge in [0.25, 0.3) is 0 Å². The Morgan fingerprint density at radius 3 is 2.41 bits per heavy atom. The lowest BCUT2D eigenvalue weighted by atomic mass is 9.96. The van der Waals surface area contributed by atoms with Crippen LogP contribution in [-0.4, -0.2) is 47.4 Å². The van der Waals surface area contributed by atoms with Crippen molar-refractivity contribution < 1.29 is 14.3 Å². The molecule has 1 N–H and O–H groups in total. The molecule has 2 rings (SSSR count). The van der Waals surface area contributed by atoms with Gasteiger partial charge in [0.05, 0.1) is 5.25 Å². The largest absolute Gasteiger partial charge is 0.444 e. The lowest BCUT2D eigenvalue weighted by molar-refractivity contribution is -0.131. The monoisotopic (exact) mass is 412 g/mol. The lowest BCUT2D eigenvalue weighted by Gasteiger charge is -2.33. The van der Waals surface area contributed by atoms with Crippen LogP contribution in [0, 0.1) is 5.92 Å². The minimum atomic E-state index is -0.488. The molecule has 1 heterocycles. The number of piperidine rings is 1. The average molecular weight is 413 g/mol. The van der Waals surface area contributed by atoms with Crippen molar-refractivity contribution in [2.45, 2.75) is 56.3 Å². The van der Waals surface area contributed by atoms with E-state index in [9.17, 15) is 9.59 Å². The molecular weight excluding hydrogens is 384 g/mol. The van der Waals surface area contributed by atoms with Crippen LogP contribution in [0.25, 0.3) is 0 Å². The molecule has 27 heavy (non-hydrogen) atoms. The maximum atomic E-state index is 12.7. The molecule has 150 valence electrons. The molecule has 0 bridgehead atoms. The van der Waals surface area contributed by atoms with E-state index in [0.29, 0.717) is 17.5 Å². The maximum absolute atomic E-state index is 12.7. The van der Waals surface area contributed by atoms with Gasteiger partial charge in [0.1, 0.15) is 5.60 Å². The van der Waals surface area contributed by atoms with Crippen LogP contribution in [0.2, 0.25) is 5.02 Å². The SMILES string of the molecule is CC(Sc1ccc(Cl)cc1)C(=O)N1CCC(CNC(=O)OC(C)(C)C)CC1. The third-order valence-corrected chi connectivity index (χ3v) is 5.69. The summed E-state index contributed by atoms with van der Waals surface area (Å²) in [5.74, 6) is 0.536. The van der Waals surface area contributed by atoms with Gasteiger partial charge in [0.15, 0.2) is 0 Å². The second kappa shape index (κ2) is 9.69. The summed E-state index contributed by atoms with van der Waals surface area (Å²) in [4.78, 5) is 27.4. The Bertz CT molecular complexity index is 638. The minimum absolute atomic E-state index is 0.136. The number of hydrogen-bond donors (Lipinski definition) is 1. The number of rotatable bonds is 5. The molecule has 1 aliphatic rings. The molecule has 1 unspecified atom stereocenters. The van der Waals surface area contributed by atoms with Crippen molar-refractivity contribution in [2.24, 2.45) is 5.92 Å². The standard InChI is InChI=1S/C20H29ClN2O3S/c1-14(27-17-7-5-16(21)6-8-17)18(24)23-11-9-15(10-12-23)13-22-19(25)26-20(2,3)4/h5-8,14-15H,9-13H2,1-4H3,(H,22,25). The maximum Gasteiger partial charge on any atom is 0.407 e. The van der Waals surface area contributed by atoms with Gasteiger partial charge in [0.2, 0.25) is 5.91 Å². The number of nitrogens with one attached hydrogen (secondary N) is 1. The van der Waals surface area contributed by atoms with E-state index >= 15 is 0 Å². The molecule has 7 heteroatoms. The summed E-state index contributed by atoms with van der Waals surface area (Å²) in [7, 11) is 0. The van der Waals surface area contributed by atoms with Gasteiger partial charge in [-0.15, -0.1) is 11.8 Å². The number of alkyl carbamates (subject to hydrolysis) is 1. The Balaban J connectivity index is 1.73. The number of thioether (sulfide) groups is 1. The molecular formula is C20H29ClN2O3S. The molecule has 2 amide bonds. The fourth-order valence-electron chi connectivity index (χ4n) is 2.92. The lowest BCUT2D eigenvalue weighted by Crippen LogP contribution is -2.44. The van der Waals surface area contributed by atoms with Crippen molar-refractivity contribution in [2.75, 3.05) is 19.6 Å². The smallest absolute Gasteiger partial charge is 0.407 e. The number of likely N-dealkylation sites (tertiary alicyclic amines) is 1. The number of benzene rings is 1. The van der Waals surface area contributed by atoms with Crippen molar-refractivity contribution in [3.05, 3.63) is 29.3 Å². The first kappa shape index (κ1) is 21.9. The minimum Gasteiger partial charge on any atom is -0.444 e. The van der Waals surface area contributed by atoms with Crippen LogP contribution in [0.4, 0.5) is 4.79 Å². The Hall–Kier alpha value is -1.40. The fourth-order valence-corrected chi connectivity index (χ4v) is 4.00. The van der Waals surface area contributed by atoms with E-state index in [1.54, 1.807) is 11.8 Å². The molecule has 0 aromatic heterocycles.